The number of aromatic amines is 1. The molecule has 1 aromatic carbocycles. The third-order valence-electron chi connectivity index (χ3n) is 3.32. The first-order valence-corrected chi connectivity index (χ1v) is 6.87. The fraction of sp³-hybridized carbons (Fsp3) is 0.267. The molecule has 0 saturated heterocycles. The van der Waals surface area contributed by atoms with E-state index in [-0.39, 0.29) is 0 Å². The van der Waals surface area contributed by atoms with Crippen LogP contribution in [0.3, 0.4) is 0 Å². The fourth-order valence-electron chi connectivity index (χ4n) is 2.24. The molecule has 6 heteroatoms. The molecule has 3 rings (SSSR count). The summed E-state index contributed by atoms with van der Waals surface area (Å²) in [5, 5.41) is 12.3. The topological polar surface area (TPSA) is 75.7 Å². The van der Waals surface area contributed by atoms with Gasteiger partial charge in [-0.3, -0.25) is 5.10 Å². The molecule has 0 unspecified atom stereocenters. The summed E-state index contributed by atoms with van der Waals surface area (Å²) in [7, 11) is 1.67. The molecule has 0 aliphatic rings. The van der Waals surface area contributed by atoms with Crippen LogP contribution in [0.1, 0.15) is 12.2 Å². The Morgan fingerprint density at radius 1 is 1.24 bits per heavy atom. The largest absolute Gasteiger partial charge is 0.497 e. The van der Waals surface area contributed by atoms with Gasteiger partial charge < -0.3 is 10.1 Å². The van der Waals surface area contributed by atoms with Crippen molar-refractivity contribution in [2.24, 2.45) is 0 Å². The number of benzene rings is 1. The van der Waals surface area contributed by atoms with Crippen LogP contribution >= 0.6 is 0 Å². The number of fused-ring (bicyclic) bond motifs is 1. The number of hydrogen-bond donors (Lipinski definition) is 2. The van der Waals surface area contributed by atoms with E-state index in [1.807, 2.05) is 24.3 Å². The first-order valence-electron chi connectivity index (χ1n) is 6.87. The van der Waals surface area contributed by atoms with E-state index in [1.54, 1.807) is 13.3 Å². The average Bonchev–Trinajstić information content (AvgIpc) is 3.04. The van der Waals surface area contributed by atoms with E-state index in [9.17, 15) is 0 Å². The van der Waals surface area contributed by atoms with Crippen molar-refractivity contribution < 1.29 is 4.74 Å². The summed E-state index contributed by atoms with van der Waals surface area (Å²) in [6.07, 6.45) is 5.16. The lowest BCUT2D eigenvalue weighted by Crippen LogP contribution is -2.05. The summed E-state index contributed by atoms with van der Waals surface area (Å²) in [6, 6.07) is 7.97. The molecule has 0 spiro atoms. The lowest BCUT2D eigenvalue weighted by molar-refractivity contribution is 0.415. The number of pyridine rings is 1. The summed E-state index contributed by atoms with van der Waals surface area (Å²) < 4.78 is 5.24. The Morgan fingerprint density at radius 2 is 2.19 bits per heavy atom. The third kappa shape index (κ3) is 3.10. The van der Waals surface area contributed by atoms with Crippen LogP contribution in [0.25, 0.3) is 10.8 Å². The van der Waals surface area contributed by atoms with Crippen LogP contribution in [0.2, 0.25) is 0 Å². The number of rotatable bonds is 6. The first-order chi connectivity index (χ1) is 10.4. The number of hydrogen-bond acceptors (Lipinski definition) is 5. The van der Waals surface area contributed by atoms with Gasteiger partial charge in [-0.25, -0.2) is 9.97 Å². The highest BCUT2D eigenvalue weighted by molar-refractivity contribution is 5.92. The zero-order valence-corrected chi connectivity index (χ0v) is 11.8. The minimum absolute atomic E-state index is 0.832. The van der Waals surface area contributed by atoms with Gasteiger partial charge in [0.1, 0.15) is 23.7 Å². The number of nitrogens with zero attached hydrogens (tertiary/aromatic N) is 3. The zero-order chi connectivity index (χ0) is 14.5. The Hall–Kier alpha value is -2.63. The van der Waals surface area contributed by atoms with E-state index in [0.717, 1.165) is 47.6 Å². The summed E-state index contributed by atoms with van der Waals surface area (Å²) in [5.41, 5.74) is 0. The minimum atomic E-state index is 0.832. The van der Waals surface area contributed by atoms with Crippen LogP contribution in [-0.4, -0.2) is 33.8 Å². The van der Waals surface area contributed by atoms with Crippen molar-refractivity contribution in [3.8, 4) is 5.75 Å². The second-order valence-corrected chi connectivity index (χ2v) is 4.71. The maximum atomic E-state index is 5.24. The van der Waals surface area contributed by atoms with Gasteiger partial charge in [0.05, 0.1) is 7.11 Å². The van der Waals surface area contributed by atoms with Crippen LogP contribution in [0.5, 0.6) is 5.75 Å². The predicted molar refractivity (Wildman–Crippen MR) is 81.5 cm³/mol. The number of H-pyrrole nitrogens is 1. The summed E-state index contributed by atoms with van der Waals surface area (Å²) >= 11 is 0. The summed E-state index contributed by atoms with van der Waals surface area (Å²) in [6.45, 7) is 0.832. The number of nitrogens with one attached hydrogen (secondary N) is 2. The van der Waals surface area contributed by atoms with Crippen molar-refractivity contribution >= 4 is 16.6 Å². The molecule has 2 heterocycles. The van der Waals surface area contributed by atoms with Crippen LogP contribution in [0, 0.1) is 0 Å². The molecule has 0 atom stereocenters. The Morgan fingerprint density at radius 3 is 3.00 bits per heavy atom. The van der Waals surface area contributed by atoms with E-state index >= 15 is 0 Å². The maximum absolute atomic E-state index is 5.24. The molecule has 0 radical (unpaired) electrons. The van der Waals surface area contributed by atoms with Gasteiger partial charge in [0, 0.05) is 24.5 Å². The average molecular weight is 283 g/mol. The van der Waals surface area contributed by atoms with Crippen molar-refractivity contribution in [1.29, 1.82) is 0 Å². The van der Waals surface area contributed by atoms with Gasteiger partial charge in [-0.05, 0) is 36.1 Å². The van der Waals surface area contributed by atoms with Gasteiger partial charge in [0.15, 0.2) is 0 Å². The number of methoxy groups -OCH3 is 1. The number of anilines is 1. The Labute approximate surface area is 122 Å². The number of aryl methyl sites for hydroxylation is 1. The van der Waals surface area contributed by atoms with Gasteiger partial charge in [-0.15, -0.1) is 0 Å². The van der Waals surface area contributed by atoms with Gasteiger partial charge in [-0.1, -0.05) is 0 Å². The molecule has 21 heavy (non-hydrogen) atoms. The van der Waals surface area contributed by atoms with Gasteiger partial charge in [0.2, 0.25) is 0 Å². The molecule has 3 aromatic rings. The van der Waals surface area contributed by atoms with Crippen LogP contribution in [-0.2, 0) is 6.42 Å². The van der Waals surface area contributed by atoms with Gasteiger partial charge >= 0.3 is 0 Å². The summed E-state index contributed by atoms with van der Waals surface area (Å²) in [5.74, 6) is 2.66. The SMILES string of the molecule is COc1ccc2c(NCCCc3ncn[nH]3)nccc2c1. The lowest BCUT2D eigenvalue weighted by Gasteiger charge is -2.09. The molecule has 0 amide bonds. The maximum Gasteiger partial charge on any atom is 0.137 e. The molecule has 2 aromatic heterocycles. The van der Waals surface area contributed by atoms with Crippen molar-refractivity contribution in [3.63, 3.8) is 0 Å². The van der Waals surface area contributed by atoms with Crippen molar-refractivity contribution in [2.45, 2.75) is 12.8 Å². The molecule has 2 N–H and O–H groups in total. The normalized spacial score (nSPS) is 10.7. The van der Waals surface area contributed by atoms with Gasteiger partial charge in [-0.2, -0.15) is 5.10 Å². The Balaban J connectivity index is 1.66. The van der Waals surface area contributed by atoms with Crippen molar-refractivity contribution in [3.05, 3.63) is 42.6 Å². The fourth-order valence-corrected chi connectivity index (χ4v) is 2.24. The van der Waals surface area contributed by atoms with Crippen LogP contribution in [0.15, 0.2) is 36.8 Å². The lowest BCUT2D eigenvalue weighted by atomic mass is 10.1. The summed E-state index contributed by atoms with van der Waals surface area (Å²) in [4.78, 5) is 8.52. The molecule has 108 valence electrons. The third-order valence-corrected chi connectivity index (χ3v) is 3.32. The second kappa shape index (κ2) is 6.21. The molecular formula is C15H17N5O. The van der Waals surface area contributed by atoms with E-state index in [1.165, 1.54) is 6.33 Å². The highest BCUT2D eigenvalue weighted by Crippen LogP contribution is 2.25. The Kier molecular flexibility index (Phi) is 3.95. The van der Waals surface area contributed by atoms with Crippen LogP contribution in [0.4, 0.5) is 5.82 Å². The van der Waals surface area contributed by atoms with Crippen molar-refractivity contribution in [2.75, 3.05) is 19.0 Å². The van der Waals surface area contributed by atoms with Crippen molar-refractivity contribution in [1.82, 2.24) is 20.2 Å². The molecule has 0 aliphatic heterocycles. The predicted octanol–water partition coefficient (Wildman–Crippen LogP) is 2.41. The number of ether oxygens (including phenoxy) is 1. The molecule has 0 aliphatic carbocycles. The quantitative estimate of drug-likeness (QED) is 0.679. The van der Waals surface area contributed by atoms with E-state index in [0.29, 0.717) is 0 Å². The Bertz CT molecular complexity index is 711. The van der Waals surface area contributed by atoms with Gasteiger partial charge in [0.25, 0.3) is 0 Å². The second-order valence-electron chi connectivity index (χ2n) is 4.71. The molecule has 0 bridgehead atoms. The zero-order valence-electron chi connectivity index (χ0n) is 11.8. The first kappa shape index (κ1) is 13.4. The number of aromatic nitrogens is 4. The molecule has 6 nitrogen and oxygen atoms in total. The molecular weight excluding hydrogens is 266 g/mol. The monoisotopic (exact) mass is 283 g/mol. The minimum Gasteiger partial charge on any atom is -0.497 e. The standard InChI is InChI=1S/C15H17N5O/c1-21-12-4-5-13-11(9-12)6-8-17-15(13)16-7-2-3-14-18-10-19-20-14/h4-6,8-10H,2-3,7H2,1H3,(H,16,17)(H,18,19,20). The highest BCUT2D eigenvalue weighted by atomic mass is 16.5. The smallest absolute Gasteiger partial charge is 0.137 e. The molecule has 0 fully saturated rings. The van der Waals surface area contributed by atoms with E-state index in [2.05, 4.69) is 25.5 Å². The highest BCUT2D eigenvalue weighted by Gasteiger charge is 2.03. The van der Waals surface area contributed by atoms with E-state index in [4.69, 9.17) is 4.74 Å². The van der Waals surface area contributed by atoms with E-state index < -0.39 is 0 Å². The van der Waals surface area contributed by atoms with Crippen LogP contribution < -0.4 is 10.1 Å². The molecule has 0 saturated carbocycles.